The maximum Gasteiger partial charge on any atom is 0.337 e. The number of benzene rings is 2. The molecule has 1 N–H and O–H groups in total. The second kappa shape index (κ2) is 7.61. The lowest BCUT2D eigenvalue weighted by Gasteiger charge is -2.41. The number of esters is 2. The van der Waals surface area contributed by atoms with Gasteiger partial charge in [0, 0.05) is 11.3 Å². The predicted molar refractivity (Wildman–Crippen MR) is 99.3 cm³/mol. The first-order chi connectivity index (χ1) is 13.1. The molecule has 0 spiro atoms. The molecule has 6 nitrogen and oxygen atoms in total. The van der Waals surface area contributed by atoms with E-state index in [1.54, 1.807) is 68.4 Å². The maximum absolute atomic E-state index is 13.3. The Morgan fingerprint density at radius 2 is 1.59 bits per heavy atom. The molecular weight excluding hydrogens is 346 g/mol. The van der Waals surface area contributed by atoms with Crippen LogP contribution in [-0.2, 0) is 24.6 Å². The average molecular weight is 367 g/mol. The first-order valence-corrected chi connectivity index (χ1v) is 8.87. The first-order valence-electron chi connectivity index (χ1n) is 8.87. The summed E-state index contributed by atoms with van der Waals surface area (Å²) in [5.74, 6) is -3.33. The van der Waals surface area contributed by atoms with Gasteiger partial charge in [-0.05, 0) is 31.5 Å². The van der Waals surface area contributed by atoms with Gasteiger partial charge in [-0.1, -0.05) is 42.5 Å². The first kappa shape index (κ1) is 18.6. The normalized spacial score (nSPS) is 21.0. The molecule has 140 valence electrons. The minimum absolute atomic E-state index is 0.0952. The Bertz CT molecular complexity index is 864. The van der Waals surface area contributed by atoms with E-state index in [0.29, 0.717) is 16.8 Å². The van der Waals surface area contributed by atoms with Crippen molar-refractivity contribution in [2.75, 3.05) is 18.5 Å². The van der Waals surface area contributed by atoms with Gasteiger partial charge in [0.05, 0.1) is 13.2 Å². The fourth-order valence-corrected chi connectivity index (χ4v) is 3.42. The van der Waals surface area contributed by atoms with E-state index in [-0.39, 0.29) is 13.2 Å². The van der Waals surface area contributed by atoms with Gasteiger partial charge in [-0.3, -0.25) is 9.59 Å². The topological polar surface area (TPSA) is 81.7 Å². The maximum atomic E-state index is 13.3. The molecule has 3 rings (SSSR count). The number of para-hydroxylation sites is 1. The van der Waals surface area contributed by atoms with Crippen LogP contribution >= 0.6 is 0 Å². The van der Waals surface area contributed by atoms with Gasteiger partial charge < -0.3 is 14.8 Å². The molecular formula is C21H21NO5. The molecule has 0 amide bonds. The molecule has 0 saturated heterocycles. The number of fused-ring (bicyclic) bond motifs is 1. The molecule has 0 unspecified atom stereocenters. The van der Waals surface area contributed by atoms with Crippen LogP contribution < -0.4 is 5.32 Å². The van der Waals surface area contributed by atoms with E-state index in [1.807, 2.05) is 0 Å². The zero-order valence-electron chi connectivity index (χ0n) is 15.2. The minimum Gasteiger partial charge on any atom is -0.465 e. The Morgan fingerprint density at radius 3 is 2.26 bits per heavy atom. The number of carbonyl (C=O) groups is 3. The summed E-state index contributed by atoms with van der Waals surface area (Å²) in [5, 5.41) is 3.13. The Hall–Kier alpha value is -3.15. The summed E-state index contributed by atoms with van der Waals surface area (Å²) >= 11 is 0. The van der Waals surface area contributed by atoms with Crippen molar-refractivity contribution in [2.24, 2.45) is 5.92 Å². The van der Waals surface area contributed by atoms with Gasteiger partial charge in [0.15, 0.2) is 17.2 Å². The molecule has 27 heavy (non-hydrogen) atoms. The minimum atomic E-state index is -1.70. The van der Waals surface area contributed by atoms with Crippen molar-refractivity contribution in [3.63, 3.8) is 0 Å². The van der Waals surface area contributed by atoms with Crippen molar-refractivity contribution in [1.82, 2.24) is 0 Å². The molecule has 2 aromatic rings. The number of ketones is 1. The number of hydrogen-bond donors (Lipinski definition) is 1. The van der Waals surface area contributed by atoms with E-state index in [2.05, 4.69) is 5.32 Å². The van der Waals surface area contributed by atoms with Crippen LogP contribution in [0.5, 0.6) is 0 Å². The summed E-state index contributed by atoms with van der Waals surface area (Å²) in [6.45, 7) is 3.54. The van der Waals surface area contributed by atoms with Crippen LogP contribution in [0.1, 0.15) is 29.8 Å². The third-order valence-corrected chi connectivity index (χ3v) is 4.57. The number of nitrogens with one attached hydrogen (secondary N) is 1. The highest BCUT2D eigenvalue weighted by Gasteiger charge is 2.59. The van der Waals surface area contributed by atoms with Crippen LogP contribution in [0.3, 0.4) is 0 Å². The predicted octanol–water partition coefficient (Wildman–Crippen LogP) is 2.93. The number of hydrogen-bond acceptors (Lipinski definition) is 6. The van der Waals surface area contributed by atoms with E-state index in [1.165, 1.54) is 0 Å². The monoisotopic (exact) mass is 367 g/mol. The SMILES string of the molecule is CCOC(=O)[C@@H]1C(=O)c2ccccc2N[C@@]1(C(=O)OCC)c1ccccc1. The molecule has 0 saturated carbocycles. The van der Waals surface area contributed by atoms with Crippen molar-refractivity contribution < 1.29 is 23.9 Å². The summed E-state index contributed by atoms with van der Waals surface area (Å²) in [6.07, 6.45) is 0. The lowest BCUT2D eigenvalue weighted by Crippen LogP contribution is -2.59. The van der Waals surface area contributed by atoms with E-state index < -0.39 is 29.2 Å². The molecule has 0 bridgehead atoms. The van der Waals surface area contributed by atoms with Gasteiger partial charge in [-0.15, -0.1) is 0 Å². The number of ether oxygens (including phenoxy) is 2. The number of rotatable bonds is 5. The Morgan fingerprint density at radius 1 is 0.963 bits per heavy atom. The fourth-order valence-electron chi connectivity index (χ4n) is 3.42. The molecule has 6 heteroatoms. The van der Waals surface area contributed by atoms with Crippen LogP contribution in [0, 0.1) is 5.92 Å². The Balaban J connectivity index is 2.28. The molecule has 0 radical (unpaired) electrons. The van der Waals surface area contributed by atoms with Gasteiger partial charge in [-0.2, -0.15) is 0 Å². The third-order valence-electron chi connectivity index (χ3n) is 4.57. The zero-order chi connectivity index (χ0) is 19.4. The zero-order valence-corrected chi connectivity index (χ0v) is 15.2. The lowest BCUT2D eigenvalue weighted by molar-refractivity contribution is -0.159. The van der Waals surface area contributed by atoms with E-state index in [9.17, 15) is 14.4 Å². The highest BCUT2D eigenvalue weighted by Crippen LogP contribution is 2.43. The summed E-state index contributed by atoms with van der Waals surface area (Å²) in [4.78, 5) is 39.3. The lowest BCUT2D eigenvalue weighted by atomic mass is 9.71. The highest BCUT2D eigenvalue weighted by atomic mass is 16.5. The van der Waals surface area contributed by atoms with Gasteiger partial charge in [0.25, 0.3) is 0 Å². The van der Waals surface area contributed by atoms with Crippen LogP contribution in [0.25, 0.3) is 0 Å². The quantitative estimate of drug-likeness (QED) is 0.646. The van der Waals surface area contributed by atoms with E-state index >= 15 is 0 Å². The summed E-state index contributed by atoms with van der Waals surface area (Å²) in [7, 11) is 0. The standard InChI is InChI=1S/C21H21NO5/c1-3-26-19(24)17-18(23)15-12-8-9-13-16(15)22-21(17,20(25)27-4-2)14-10-6-5-7-11-14/h5-13,17,22H,3-4H2,1-2H3/t17-,21-/m0/s1. The number of Topliss-reactive ketones (excluding diaryl/α,β-unsaturated/α-hetero) is 1. The summed E-state index contributed by atoms with van der Waals surface area (Å²) in [6, 6.07) is 15.4. The molecule has 1 aliphatic heterocycles. The second-order valence-corrected chi connectivity index (χ2v) is 6.11. The summed E-state index contributed by atoms with van der Waals surface area (Å²) < 4.78 is 10.5. The number of anilines is 1. The van der Waals surface area contributed by atoms with Crippen molar-refractivity contribution in [3.05, 3.63) is 65.7 Å². The molecule has 0 aliphatic carbocycles. The highest BCUT2D eigenvalue weighted by molar-refractivity contribution is 6.18. The van der Waals surface area contributed by atoms with E-state index in [4.69, 9.17) is 9.47 Å². The molecule has 1 heterocycles. The van der Waals surface area contributed by atoms with Crippen LogP contribution in [0.2, 0.25) is 0 Å². The Kier molecular flexibility index (Phi) is 5.26. The average Bonchev–Trinajstić information content (AvgIpc) is 2.68. The molecule has 0 fully saturated rings. The smallest absolute Gasteiger partial charge is 0.337 e. The van der Waals surface area contributed by atoms with Crippen LogP contribution in [0.4, 0.5) is 5.69 Å². The molecule has 2 atom stereocenters. The van der Waals surface area contributed by atoms with Crippen molar-refractivity contribution in [3.8, 4) is 0 Å². The molecule has 0 aromatic heterocycles. The van der Waals surface area contributed by atoms with Crippen molar-refractivity contribution >= 4 is 23.4 Å². The van der Waals surface area contributed by atoms with Gasteiger partial charge in [0.2, 0.25) is 0 Å². The van der Waals surface area contributed by atoms with E-state index in [0.717, 1.165) is 0 Å². The summed E-state index contributed by atoms with van der Waals surface area (Å²) in [5.41, 5.74) is -0.426. The van der Waals surface area contributed by atoms with Gasteiger partial charge >= 0.3 is 11.9 Å². The van der Waals surface area contributed by atoms with Gasteiger partial charge in [0.1, 0.15) is 0 Å². The second-order valence-electron chi connectivity index (χ2n) is 6.11. The van der Waals surface area contributed by atoms with Gasteiger partial charge in [-0.25, -0.2) is 4.79 Å². The fraction of sp³-hybridized carbons (Fsp3) is 0.286. The Labute approximate surface area is 157 Å². The largest absolute Gasteiger partial charge is 0.465 e. The van der Waals surface area contributed by atoms with Crippen LogP contribution in [0.15, 0.2) is 54.6 Å². The van der Waals surface area contributed by atoms with Crippen LogP contribution in [-0.4, -0.2) is 30.9 Å². The number of carbonyl (C=O) groups excluding carboxylic acids is 3. The van der Waals surface area contributed by atoms with Crippen molar-refractivity contribution in [1.29, 1.82) is 0 Å². The molecule has 2 aromatic carbocycles. The van der Waals surface area contributed by atoms with Crippen molar-refractivity contribution in [2.45, 2.75) is 19.4 Å². The molecule has 1 aliphatic rings. The third kappa shape index (κ3) is 3.07.